The molecule has 0 bridgehead atoms. The van der Waals surface area contributed by atoms with Crippen LogP contribution in [0.25, 0.3) is 0 Å². The van der Waals surface area contributed by atoms with Crippen LogP contribution in [-0.4, -0.2) is 50.5 Å². The molecule has 1 aliphatic heterocycles. The molecule has 1 aromatic carbocycles. The number of aliphatic hydroxyl groups is 1. The summed E-state index contributed by atoms with van der Waals surface area (Å²) in [4.78, 5) is 17.9. The molecule has 1 unspecified atom stereocenters. The minimum absolute atomic E-state index is 0.0557. The first kappa shape index (κ1) is 16.4. The average Bonchev–Trinajstić information content (AvgIpc) is 3.14. The Bertz CT molecular complexity index is 642. The van der Waals surface area contributed by atoms with Gasteiger partial charge in [-0.05, 0) is 29.9 Å². The van der Waals surface area contributed by atoms with Gasteiger partial charge in [0, 0.05) is 26.2 Å². The molecule has 24 heavy (non-hydrogen) atoms. The van der Waals surface area contributed by atoms with Crippen molar-refractivity contribution in [3.05, 3.63) is 48.0 Å². The summed E-state index contributed by atoms with van der Waals surface area (Å²) in [7, 11) is 0. The molecule has 7 heteroatoms. The van der Waals surface area contributed by atoms with Crippen molar-refractivity contribution in [3.63, 3.8) is 0 Å². The Labute approximate surface area is 141 Å². The van der Waals surface area contributed by atoms with E-state index in [2.05, 4.69) is 15.4 Å². The zero-order valence-corrected chi connectivity index (χ0v) is 13.6. The van der Waals surface area contributed by atoms with Crippen LogP contribution in [-0.2, 0) is 13.1 Å². The second kappa shape index (κ2) is 7.92. The Morgan fingerprint density at radius 3 is 2.79 bits per heavy atom. The molecule has 2 N–H and O–H groups in total. The summed E-state index contributed by atoms with van der Waals surface area (Å²) in [6.45, 7) is 2.74. The van der Waals surface area contributed by atoms with Crippen molar-refractivity contribution in [2.45, 2.75) is 25.9 Å². The van der Waals surface area contributed by atoms with Gasteiger partial charge in [-0.3, -0.25) is 0 Å². The number of nitrogens with one attached hydrogen (secondary N) is 1. The fourth-order valence-electron chi connectivity index (χ4n) is 2.95. The maximum Gasteiger partial charge on any atom is 0.317 e. The maximum absolute atomic E-state index is 12.2. The number of aromatic nitrogens is 3. The minimum atomic E-state index is -0.0557. The predicted molar refractivity (Wildman–Crippen MR) is 89.2 cm³/mol. The number of hydrogen-bond acceptors (Lipinski definition) is 4. The fourth-order valence-corrected chi connectivity index (χ4v) is 2.95. The second-order valence-corrected chi connectivity index (χ2v) is 6.21. The molecule has 3 rings (SSSR count). The highest BCUT2D eigenvalue weighted by Crippen LogP contribution is 2.15. The van der Waals surface area contributed by atoms with E-state index in [0.29, 0.717) is 19.6 Å². The van der Waals surface area contributed by atoms with Gasteiger partial charge in [-0.1, -0.05) is 24.3 Å². The molecular weight excluding hydrogens is 306 g/mol. The van der Waals surface area contributed by atoms with Gasteiger partial charge in [0.1, 0.15) is 12.7 Å². The normalized spacial score (nSPS) is 17.7. The van der Waals surface area contributed by atoms with Gasteiger partial charge in [0.2, 0.25) is 0 Å². The Morgan fingerprint density at radius 1 is 1.29 bits per heavy atom. The first-order chi connectivity index (χ1) is 11.7. The van der Waals surface area contributed by atoms with Crippen LogP contribution in [0.1, 0.15) is 24.0 Å². The topological polar surface area (TPSA) is 83.3 Å². The number of amides is 2. The minimum Gasteiger partial charge on any atom is -0.396 e. The van der Waals surface area contributed by atoms with Crippen LogP contribution >= 0.6 is 0 Å². The van der Waals surface area contributed by atoms with Gasteiger partial charge in [-0.15, -0.1) is 0 Å². The summed E-state index contributed by atoms with van der Waals surface area (Å²) in [6, 6.07) is 8.04. The predicted octanol–water partition coefficient (Wildman–Crippen LogP) is 1.24. The zero-order chi connectivity index (χ0) is 16.8. The summed E-state index contributed by atoms with van der Waals surface area (Å²) in [6.07, 6.45) is 5.15. The summed E-state index contributed by atoms with van der Waals surface area (Å²) in [5.74, 6) is 0.209. The third kappa shape index (κ3) is 4.32. The molecule has 0 aliphatic carbocycles. The molecule has 2 heterocycles. The number of benzene rings is 1. The van der Waals surface area contributed by atoms with Gasteiger partial charge in [0.25, 0.3) is 0 Å². The lowest BCUT2D eigenvalue weighted by molar-refractivity contribution is 0.129. The lowest BCUT2D eigenvalue weighted by atomic mass is 9.99. The van der Waals surface area contributed by atoms with Crippen LogP contribution in [0, 0.1) is 5.92 Å². The van der Waals surface area contributed by atoms with Crippen molar-refractivity contribution in [1.82, 2.24) is 25.0 Å². The van der Waals surface area contributed by atoms with Crippen molar-refractivity contribution < 1.29 is 9.90 Å². The van der Waals surface area contributed by atoms with Crippen molar-refractivity contribution >= 4 is 6.03 Å². The molecule has 7 nitrogen and oxygen atoms in total. The quantitative estimate of drug-likeness (QED) is 0.864. The molecule has 0 saturated carbocycles. The third-order valence-corrected chi connectivity index (χ3v) is 4.34. The van der Waals surface area contributed by atoms with E-state index in [4.69, 9.17) is 0 Å². The number of aliphatic hydroxyl groups excluding tert-OH is 1. The molecule has 1 aromatic heterocycles. The summed E-state index contributed by atoms with van der Waals surface area (Å²) in [5.41, 5.74) is 2.19. The van der Waals surface area contributed by atoms with E-state index in [1.165, 1.54) is 6.33 Å². The molecule has 128 valence electrons. The van der Waals surface area contributed by atoms with E-state index >= 15 is 0 Å². The summed E-state index contributed by atoms with van der Waals surface area (Å²) in [5, 5.41) is 16.3. The number of nitrogens with zero attached hydrogens (tertiary/aromatic N) is 4. The zero-order valence-electron chi connectivity index (χ0n) is 13.6. The number of rotatable bonds is 5. The van der Waals surface area contributed by atoms with Crippen molar-refractivity contribution in [3.8, 4) is 0 Å². The van der Waals surface area contributed by atoms with Gasteiger partial charge in [-0.25, -0.2) is 14.5 Å². The molecule has 2 amide bonds. The fraction of sp³-hybridized carbons (Fsp3) is 0.471. The van der Waals surface area contributed by atoms with E-state index in [-0.39, 0.29) is 18.6 Å². The van der Waals surface area contributed by atoms with Crippen molar-refractivity contribution in [1.29, 1.82) is 0 Å². The molecule has 2 aromatic rings. The highest BCUT2D eigenvalue weighted by atomic mass is 16.3. The highest BCUT2D eigenvalue weighted by molar-refractivity contribution is 5.74. The van der Waals surface area contributed by atoms with Gasteiger partial charge < -0.3 is 15.3 Å². The van der Waals surface area contributed by atoms with Gasteiger partial charge in [0.05, 0.1) is 6.54 Å². The third-order valence-electron chi connectivity index (χ3n) is 4.34. The van der Waals surface area contributed by atoms with E-state index < -0.39 is 0 Å². The highest BCUT2D eigenvalue weighted by Gasteiger charge is 2.22. The van der Waals surface area contributed by atoms with Gasteiger partial charge in [-0.2, -0.15) is 5.10 Å². The largest absolute Gasteiger partial charge is 0.396 e. The number of carbonyl (C=O) groups excluding carboxylic acids is 1. The van der Waals surface area contributed by atoms with E-state index in [0.717, 1.165) is 30.5 Å². The molecule has 1 saturated heterocycles. The van der Waals surface area contributed by atoms with Gasteiger partial charge in [0.15, 0.2) is 0 Å². The van der Waals surface area contributed by atoms with Crippen LogP contribution in [0.5, 0.6) is 0 Å². The second-order valence-electron chi connectivity index (χ2n) is 6.21. The van der Waals surface area contributed by atoms with E-state index in [1.54, 1.807) is 15.9 Å². The molecular formula is C17H23N5O2. The SMILES string of the molecule is O=C(NCc1ccc(Cn2cncn2)cc1)N1CCCC(CO)C1. The lowest BCUT2D eigenvalue weighted by Crippen LogP contribution is -2.45. The average molecular weight is 329 g/mol. The van der Waals surface area contributed by atoms with Crippen LogP contribution in [0.4, 0.5) is 4.79 Å². The van der Waals surface area contributed by atoms with E-state index in [9.17, 15) is 9.90 Å². The first-order valence-electron chi connectivity index (χ1n) is 8.28. The lowest BCUT2D eigenvalue weighted by Gasteiger charge is -2.31. The Balaban J connectivity index is 1.48. The Morgan fingerprint density at radius 2 is 2.08 bits per heavy atom. The number of likely N-dealkylation sites (tertiary alicyclic amines) is 1. The van der Waals surface area contributed by atoms with Crippen molar-refractivity contribution in [2.24, 2.45) is 5.92 Å². The summed E-state index contributed by atoms with van der Waals surface area (Å²) >= 11 is 0. The smallest absolute Gasteiger partial charge is 0.317 e. The standard InChI is InChI=1S/C17H23N5O2/c23-11-16-2-1-7-21(9-16)17(24)19-8-14-3-5-15(6-4-14)10-22-13-18-12-20-22/h3-6,12-13,16,23H,1-2,7-11H2,(H,19,24). The molecule has 1 aliphatic rings. The number of piperidine rings is 1. The van der Waals surface area contributed by atoms with Crippen molar-refractivity contribution in [2.75, 3.05) is 19.7 Å². The number of hydrogen-bond donors (Lipinski definition) is 2. The van der Waals surface area contributed by atoms with Crippen LogP contribution in [0.15, 0.2) is 36.9 Å². The van der Waals surface area contributed by atoms with Crippen LogP contribution < -0.4 is 5.32 Å². The number of carbonyl (C=O) groups is 1. The Kier molecular flexibility index (Phi) is 5.43. The summed E-state index contributed by atoms with van der Waals surface area (Å²) < 4.78 is 1.77. The monoisotopic (exact) mass is 329 g/mol. The molecule has 0 radical (unpaired) electrons. The van der Waals surface area contributed by atoms with Crippen LogP contribution in [0.3, 0.4) is 0 Å². The molecule has 0 spiro atoms. The Hall–Kier alpha value is -2.41. The van der Waals surface area contributed by atoms with Gasteiger partial charge >= 0.3 is 6.03 Å². The van der Waals surface area contributed by atoms with Crippen LogP contribution in [0.2, 0.25) is 0 Å². The van der Waals surface area contributed by atoms with E-state index in [1.807, 2.05) is 24.3 Å². The number of urea groups is 1. The molecule has 1 fully saturated rings. The first-order valence-corrected chi connectivity index (χ1v) is 8.28. The molecule has 1 atom stereocenters. The maximum atomic E-state index is 12.2.